The van der Waals surface area contributed by atoms with Crippen molar-refractivity contribution in [1.29, 1.82) is 5.26 Å². The number of anilines is 1. The Morgan fingerprint density at radius 2 is 1.83 bits per heavy atom. The summed E-state index contributed by atoms with van der Waals surface area (Å²) in [4.78, 5) is 33.0. The Balaban J connectivity index is 1.59. The zero-order chi connectivity index (χ0) is 21.3. The van der Waals surface area contributed by atoms with Gasteiger partial charge in [0.1, 0.15) is 5.69 Å². The molecule has 3 aromatic rings. The molecule has 0 saturated carbocycles. The molecule has 1 aromatic heterocycles. The summed E-state index contributed by atoms with van der Waals surface area (Å²) in [5.41, 5.74) is 11.0. The van der Waals surface area contributed by atoms with Gasteiger partial charge in [-0.3, -0.25) is 19.4 Å². The van der Waals surface area contributed by atoms with Crippen molar-refractivity contribution in [1.82, 2.24) is 10.5 Å². The van der Waals surface area contributed by atoms with Crippen LogP contribution in [0, 0.1) is 11.3 Å². The molecule has 3 rings (SSSR count). The Hall–Kier alpha value is -4.22. The van der Waals surface area contributed by atoms with Crippen molar-refractivity contribution in [3.8, 4) is 6.07 Å². The number of nitrogens with zero attached hydrogens (tertiary/aromatic N) is 2. The van der Waals surface area contributed by atoms with Crippen LogP contribution in [-0.4, -0.2) is 16.8 Å². The van der Waals surface area contributed by atoms with Gasteiger partial charge in [-0.2, -0.15) is 5.26 Å². The van der Waals surface area contributed by atoms with E-state index in [-0.39, 0.29) is 12.3 Å². The lowest BCUT2D eigenvalue weighted by atomic mass is 10.1. The van der Waals surface area contributed by atoms with E-state index < -0.39 is 11.8 Å². The Morgan fingerprint density at radius 1 is 1.07 bits per heavy atom. The molecule has 2 amide bonds. The number of nitriles is 1. The number of para-hydroxylation sites is 1. The number of carbonyl (C=O) groups is 2. The third kappa shape index (κ3) is 5.41. The first-order valence-electron chi connectivity index (χ1n) is 9.05. The molecule has 1 heterocycles. The number of nitrogens with two attached hydrogens (primary N) is 1. The van der Waals surface area contributed by atoms with Gasteiger partial charge in [-0.25, -0.2) is 5.48 Å². The van der Waals surface area contributed by atoms with Crippen molar-refractivity contribution in [2.75, 3.05) is 5.32 Å². The fourth-order valence-electron chi connectivity index (χ4n) is 2.67. The highest BCUT2D eigenvalue weighted by Crippen LogP contribution is 2.16. The highest BCUT2D eigenvalue weighted by atomic mass is 16.6. The molecule has 4 N–H and O–H groups in total. The summed E-state index contributed by atoms with van der Waals surface area (Å²) in [5, 5.41) is 12.0. The summed E-state index contributed by atoms with van der Waals surface area (Å²) >= 11 is 0. The first kappa shape index (κ1) is 20.5. The van der Waals surface area contributed by atoms with Crippen molar-refractivity contribution in [2.45, 2.75) is 13.2 Å². The molecule has 8 heteroatoms. The normalized spacial score (nSPS) is 10.1. The highest BCUT2D eigenvalue weighted by molar-refractivity contribution is 5.99. The third-order valence-corrected chi connectivity index (χ3v) is 4.22. The zero-order valence-electron chi connectivity index (χ0n) is 16.0. The van der Waals surface area contributed by atoms with E-state index in [4.69, 9.17) is 15.8 Å². The molecule has 30 heavy (non-hydrogen) atoms. The number of hydrogen-bond donors (Lipinski definition) is 3. The van der Waals surface area contributed by atoms with Gasteiger partial charge in [0, 0.05) is 18.4 Å². The number of rotatable bonds is 8. The molecule has 0 bridgehead atoms. The van der Waals surface area contributed by atoms with E-state index in [1.165, 1.54) is 6.20 Å². The SMILES string of the molecule is N#Cc1ccc(CONC(=O)c2ccccc2NCc2ccnc(C(N)=O)c2)cc1. The lowest BCUT2D eigenvalue weighted by molar-refractivity contribution is 0.0234. The van der Waals surface area contributed by atoms with Gasteiger partial charge < -0.3 is 11.1 Å². The van der Waals surface area contributed by atoms with E-state index in [9.17, 15) is 9.59 Å². The lowest BCUT2D eigenvalue weighted by Gasteiger charge is -2.12. The second-order valence-corrected chi connectivity index (χ2v) is 6.34. The Bertz CT molecular complexity index is 1090. The number of amides is 2. The smallest absolute Gasteiger partial charge is 0.276 e. The van der Waals surface area contributed by atoms with Crippen LogP contribution in [0.1, 0.15) is 37.5 Å². The predicted octanol–water partition coefficient (Wildman–Crippen LogP) is 2.53. The van der Waals surface area contributed by atoms with Crippen LogP contribution in [0.4, 0.5) is 5.69 Å². The summed E-state index contributed by atoms with van der Waals surface area (Å²) in [6.45, 7) is 0.541. The maximum Gasteiger partial charge on any atom is 0.276 e. The predicted molar refractivity (Wildman–Crippen MR) is 110 cm³/mol. The molecule has 0 aliphatic carbocycles. The van der Waals surface area contributed by atoms with Gasteiger partial charge in [-0.05, 0) is 47.5 Å². The van der Waals surface area contributed by atoms with E-state index in [0.29, 0.717) is 23.4 Å². The van der Waals surface area contributed by atoms with Crippen LogP contribution in [0.2, 0.25) is 0 Å². The van der Waals surface area contributed by atoms with Crippen LogP contribution in [0.15, 0.2) is 66.9 Å². The van der Waals surface area contributed by atoms with Crippen LogP contribution in [-0.2, 0) is 18.0 Å². The summed E-state index contributed by atoms with van der Waals surface area (Å²) in [7, 11) is 0. The van der Waals surface area contributed by atoms with Crippen LogP contribution >= 0.6 is 0 Å². The number of benzene rings is 2. The fraction of sp³-hybridized carbons (Fsp3) is 0.0909. The zero-order valence-corrected chi connectivity index (χ0v) is 16.0. The maximum absolute atomic E-state index is 12.5. The van der Waals surface area contributed by atoms with E-state index in [2.05, 4.69) is 15.8 Å². The molecule has 2 aromatic carbocycles. The van der Waals surface area contributed by atoms with Crippen molar-refractivity contribution < 1.29 is 14.4 Å². The largest absolute Gasteiger partial charge is 0.380 e. The number of carbonyl (C=O) groups excluding carboxylic acids is 2. The second kappa shape index (κ2) is 9.82. The third-order valence-electron chi connectivity index (χ3n) is 4.22. The van der Waals surface area contributed by atoms with Crippen molar-refractivity contribution in [3.05, 3.63) is 94.8 Å². The monoisotopic (exact) mass is 401 g/mol. The lowest BCUT2D eigenvalue weighted by Crippen LogP contribution is -2.24. The molecular weight excluding hydrogens is 382 g/mol. The summed E-state index contributed by atoms with van der Waals surface area (Å²) in [5.74, 6) is -1.00. The number of hydroxylamine groups is 1. The number of aromatic nitrogens is 1. The Morgan fingerprint density at radius 3 is 2.57 bits per heavy atom. The van der Waals surface area contributed by atoms with Gasteiger partial charge >= 0.3 is 0 Å². The minimum absolute atomic E-state index is 0.167. The van der Waals surface area contributed by atoms with Crippen LogP contribution in [0.5, 0.6) is 0 Å². The highest BCUT2D eigenvalue weighted by Gasteiger charge is 2.11. The molecular formula is C22H19N5O3. The first-order valence-corrected chi connectivity index (χ1v) is 9.05. The number of nitrogens with one attached hydrogen (secondary N) is 2. The van der Waals surface area contributed by atoms with Crippen molar-refractivity contribution in [3.63, 3.8) is 0 Å². The number of primary amides is 1. The van der Waals surface area contributed by atoms with Crippen LogP contribution in [0.25, 0.3) is 0 Å². The minimum atomic E-state index is -0.601. The van der Waals surface area contributed by atoms with E-state index in [1.54, 1.807) is 60.7 Å². The molecule has 0 unspecified atom stereocenters. The molecule has 0 saturated heterocycles. The van der Waals surface area contributed by atoms with Crippen molar-refractivity contribution in [2.24, 2.45) is 5.73 Å². The molecule has 0 atom stereocenters. The molecule has 8 nitrogen and oxygen atoms in total. The fourth-order valence-corrected chi connectivity index (χ4v) is 2.67. The average Bonchev–Trinajstić information content (AvgIpc) is 2.78. The maximum atomic E-state index is 12.5. The van der Waals surface area contributed by atoms with Crippen LogP contribution in [0.3, 0.4) is 0 Å². The molecule has 0 radical (unpaired) electrons. The molecule has 0 fully saturated rings. The first-order chi connectivity index (χ1) is 14.6. The minimum Gasteiger partial charge on any atom is -0.380 e. The van der Waals surface area contributed by atoms with E-state index >= 15 is 0 Å². The molecule has 0 spiro atoms. The average molecular weight is 401 g/mol. The Kier molecular flexibility index (Phi) is 6.71. The standard InChI is InChI=1S/C22H19N5O3/c23-12-15-5-7-16(8-6-15)14-30-27-22(29)18-3-1-2-4-19(18)26-13-17-9-10-25-20(11-17)21(24)28/h1-11,26H,13-14H2,(H2,24,28)(H,27,29). The van der Waals surface area contributed by atoms with Gasteiger partial charge in [0.25, 0.3) is 11.8 Å². The summed E-state index contributed by atoms with van der Waals surface area (Å²) in [6.07, 6.45) is 1.51. The second-order valence-electron chi connectivity index (χ2n) is 6.34. The quantitative estimate of drug-likeness (QED) is 0.497. The Labute approximate surface area is 173 Å². The van der Waals surface area contributed by atoms with Gasteiger partial charge in [0.2, 0.25) is 0 Å². The molecule has 150 valence electrons. The van der Waals surface area contributed by atoms with Gasteiger partial charge in [-0.1, -0.05) is 24.3 Å². The topological polar surface area (TPSA) is 130 Å². The summed E-state index contributed by atoms with van der Waals surface area (Å²) < 4.78 is 0. The van der Waals surface area contributed by atoms with Gasteiger partial charge in [0.15, 0.2) is 0 Å². The van der Waals surface area contributed by atoms with E-state index in [0.717, 1.165) is 11.1 Å². The number of hydrogen-bond acceptors (Lipinski definition) is 6. The summed E-state index contributed by atoms with van der Waals surface area (Å²) in [6, 6.07) is 19.3. The number of pyridine rings is 1. The van der Waals surface area contributed by atoms with Gasteiger partial charge in [0.05, 0.1) is 23.8 Å². The van der Waals surface area contributed by atoms with E-state index in [1.807, 2.05) is 6.07 Å². The molecule has 0 aliphatic rings. The molecule has 0 aliphatic heterocycles. The van der Waals surface area contributed by atoms with Gasteiger partial charge in [-0.15, -0.1) is 0 Å². The van der Waals surface area contributed by atoms with Crippen molar-refractivity contribution >= 4 is 17.5 Å². The van der Waals surface area contributed by atoms with Crippen LogP contribution < -0.4 is 16.5 Å².